The Kier molecular flexibility index (Phi) is 5.98. The Morgan fingerprint density at radius 3 is 2.21 bits per heavy atom. The molecule has 105 valence electrons. The Morgan fingerprint density at radius 2 is 1.79 bits per heavy atom. The average molecular weight is 277 g/mol. The van der Waals surface area contributed by atoms with Crippen molar-refractivity contribution in [3.05, 3.63) is 41.5 Å². The first-order chi connectivity index (χ1) is 8.84. The quantitative estimate of drug-likeness (QED) is 0.823. The van der Waals surface area contributed by atoms with Crippen LogP contribution < -0.4 is 0 Å². The van der Waals surface area contributed by atoms with Gasteiger partial charge < -0.3 is 9.53 Å². The van der Waals surface area contributed by atoms with Crippen LogP contribution in [0.2, 0.25) is 13.1 Å². The van der Waals surface area contributed by atoms with E-state index in [1.807, 2.05) is 6.08 Å². The molecule has 1 unspecified atom stereocenters. The summed E-state index contributed by atoms with van der Waals surface area (Å²) in [4.78, 5) is 0. The van der Waals surface area contributed by atoms with Crippen LogP contribution in [0.15, 0.2) is 30.3 Å². The highest BCUT2D eigenvalue weighted by molar-refractivity contribution is 6.48. The van der Waals surface area contributed by atoms with E-state index in [0.717, 1.165) is 5.56 Å². The second-order valence-electron chi connectivity index (χ2n) is 6.02. The lowest BCUT2D eigenvalue weighted by Crippen LogP contribution is -2.25. The van der Waals surface area contributed by atoms with E-state index in [4.69, 9.17) is 9.53 Å². The van der Waals surface area contributed by atoms with Crippen molar-refractivity contribution in [2.45, 2.75) is 40.0 Å². The van der Waals surface area contributed by atoms with Crippen LogP contribution in [0.25, 0.3) is 6.08 Å². The van der Waals surface area contributed by atoms with Gasteiger partial charge in [-0.25, -0.2) is 0 Å². The largest absolute Gasteiger partial charge is 0.410 e. The Labute approximate surface area is 118 Å². The fourth-order valence-corrected chi connectivity index (χ4v) is 2.91. The Hall–Kier alpha value is -0.903. The Balaban J connectivity index is 2.94. The minimum absolute atomic E-state index is 0.0763. The van der Waals surface area contributed by atoms with E-state index in [1.165, 1.54) is 5.56 Å². The highest BCUT2D eigenvalue weighted by Crippen LogP contribution is 2.36. The molecule has 0 aliphatic rings. The number of aliphatic hydroxyl groups excluding tert-OH is 1. The monoisotopic (exact) mass is 277 g/mol. The summed E-state index contributed by atoms with van der Waals surface area (Å²) in [5.41, 5.74) is 2.41. The van der Waals surface area contributed by atoms with Crippen LogP contribution in [-0.2, 0) is 4.43 Å². The molecule has 0 spiro atoms. The molecule has 1 aromatic carbocycles. The molecule has 0 amide bonds. The van der Waals surface area contributed by atoms with Gasteiger partial charge in [-0.05, 0) is 29.6 Å². The number of aliphatic hydroxyl groups is 1. The third-order valence-corrected chi connectivity index (χ3v) is 3.50. The highest BCUT2D eigenvalue weighted by Gasteiger charge is 2.27. The molecule has 0 heterocycles. The molecule has 1 atom stereocenters. The summed E-state index contributed by atoms with van der Waals surface area (Å²) in [5.74, 6) is 0. The molecule has 0 fully saturated rings. The van der Waals surface area contributed by atoms with E-state index in [1.54, 1.807) is 6.08 Å². The maximum atomic E-state index is 8.77. The molecule has 0 aromatic heterocycles. The summed E-state index contributed by atoms with van der Waals surface area (Å²) >= 11 is 0. The summed E-state index contributed by atoms with van der Waals surface area (Å²) in [5, 5.41) is 8.77. The van der Waals surface area contributed by atoms with Gasteiger partial charge in [-0.3, -0.25) is 0 Å². The molecule has 0 aliphatic heterocycles. The number of benzene rings is 1. The van der Waals surface area contributed by atoms with E-state index in [-0.39, 0.29) is 18.1 Å². The highest BCUT2D eigenvalue weighted by atomic mass is 28.3. The number of hydrogen-bond acceptors (Lipinski definition) is 2. The molecule has 0 aliphatic carbocycles. The lowest BCUT2D eigenvalue weighted by molar-refractivity contribution is 0.0866. The summed E-state index contributed by atoms with van der Waals surface area (Å²) in [7, 11) is -0.734. The van der Waals surface area contributed by atoms with Gasteiger partial charge in [0.1, 0.15) is 0 Å². The van der Waals surface area contributed by atoms with Crippen molar-refractivity contribution >= 4 is 15.1 Å². The fraction of sp³-hybridized carbons (Fsp3) is 0.500. The van der Waals surface area contributed by atoms with Crippen LogP contribution in [-0.4, -0.2) is 20.8 Å². The van der Waals surface area contributed by atoms with Crippen LogP contribution in [0, 0.1) is 5.41 Å². The van der Waals surface area contributed by atoms with Gasteiger partial charge in [0.15, 0.2) is 0 Å². The van der Waals surface area contributed by atoms with Gasteiger partial charge in [-0.2, -0.15) is 0 Å². The van der Waals surface area contributed by atoms with Crippen molar-refractivity contribution in [3.63, 3.8) is 0 Å². The van der Waals surface area contributed by atoms with Gasteiger partial charge in [-0.1, -0.05) is 57.2 Å². The van der Waals surface area contributed by atoms with Gasteiger partial charge in [-0.15, -0.1) is 0 Å². The normalized spacial score (nSPS) is 14.3. The minimum atomic E-state index is -0.734. The van der Waals surface area contributed by atoms with Crippen molar-refractivity contribution in [3.8, 4) is 0 Å². The second-order valence-corrected chi connectivity index (χ2v) is 8.08. The molecule has 1 rings (SSSR count). The molecule has 19 heavy (non-hydrogen) atoms. The van der Waals surface area contributed by atoms with Crippen LogP contribution in [0.1, 0.15) is 38.0 Å². The molecule has 0 saturated heterocycles. The lowest BCUT2D eigenvalue weighted by atomic mass is 9.84. The predicted octanol–water partition coefficient (Wildman–Crippen LogP) is 4.05. The maximum absolute atomic E-state index is 8.77. The fourth-order valence-electron chi connectivity index (χ4n) is 1.95. The van der Waals surface area contributed by atoms with Crippen molar-refractivity contribution in [1.29, 1.82) is 0 Å². The van der Waals surface area contributed by atoms with Gasteiger partial charge in [0.05, 0.1) is 12.7 Å². The smallest absolute Gasteiger partial charge is 0.205 e. The topological polar surface area (TPSA) is 29.5 Å². The van der Waals surface area contributed by atoms with Crippen LogP contribution in [0.3, 0.4) is 0 Å². The first-order valence-electron chi connectivity index (χ1n) is 6.69. The Morgan fingerprint density at radius 1 is 1.21 bits per heavy atom. The summed E-state index contributed by atoms with van der Waals surface area (Å²) in [6.45, 7) is 11.0. The van der Waals surface area contributed by atoms with Crippen LogP contribution in [0.4, 0.5) is 0 Å². The molecule has 3 heteroatoms. The zero-order valence-electron chi connectivity index (χ0n) is 12.6. The zero-order chi connectivity index (χ0) is 14.5. The third-order valence-electron chi connectivity index (χ3n) is 2.80. The first-order valence-corrected chi connectivity index (χ1v) is 9.09. The molecular formula is C16H25O2Si. The first kappa shape index (κ1) is 16.2. The predicted molar refractivity (Wildman–Crippen MR) is 83.3 cm³/mol. The maximum Gasteiger partial charge on any atom is 0.205 e. The van der Waals surface area contributed by atoms with Crippen molar-refractivity contribution in [1.82, 2.24) is 0 Å². The second kappa shape index (κ2) is 7.03. The van der Waals surface area contributed by atoms with Gasteiger partial charge >= 0.3 is 0 Å². The van der Waals surface area contributed by atoms with Crippen molar-refractivity contribution < 1.29 is 9.53 Å². The van der Waals surface area contributed by atoms with Crippen molar-refractivity contribution in [2.75, 3.05) is 6.61 Å². The van der Waals surface area contributed by atoms with Crippen molar-refractivity contribution in [2.24, 2.45) is 5.41 Å². The summed E-state index contributed by atoms with van der Waals surface area (Å²) in [6, 6.07) is 8.39. The van der Waals surface area contributed by atoms with E-state index in [9.17, 15) is 0 Å². The summed E-state index contributed by atoms with van der Waals surface area (Å²) in [6.07, 6.45) is 3.80. The molecule has 0 bridgehead atoms. The number of hydrogen-bond donors (Lipinski definition) is 1. The zero-order valence-corrected chi connectivity index (χ0v) is 13.6. The standard InChI is InChI=1S/C16H25O2Si/c1-16(2,3)15(18-19(4)5)14-10-8-13(9-11-14)7-6-12-17/h6-11,15,17H,12H2,1-5H3/b7-6+. The molecular weight excluding hydrogens is 252 g/mol. The Bertz CT molecular complexity index is 402. The van der Waals surface area contributed by atoms with Gasteiger partial charge in [0.25, 0.3) is 0 Å². The van der Waals surface area contributed by atoms with E-state index in [2.05, 4.69) is 58.1 Å². The lowest BCUT2D eigenvalue weighted by Gasteiger charge is -2.32. The third kappa shape index (κ3) is 5.31. The molecule has 1 N–H and O–H groups in total. The molecule has 0 saturated carbocycles. The van der Waals surface area contributed by atoms with Crippen LogP contribution >= 0.6 is 0 Å². The van der Waals surface area contributed by atoms with Gasteiger partial charge in [0, 0.05) is 0 Å². The molecule has 1 aromatic rings. The van der Waals surface area contributed by atoms with E-state index in [0.29, 0.717) is 0 Å². The summed E-state index contributed by atoms with van der Waals surface area (Å²) < 4.78 is 6.17. The average Bonchev–Trinajstić information content (AvgIpc) is 2.33. The SMILES string of the molecule is C[Si](C)OC(c1ccc(/C=C/CO)cc1)C(C)(C)C. The van der Waals surface area contributed by atoms with Crippen LogP contribution in [0.5, 0.6) is 0 Å². The van der Waals surface area contributed by atoms with Gasteiger partial charge in [0.2, 0.25) is 9.04 Å². The van der Waals surface area contributed by atoms with E-state index < -0.39 is 9.04 Å². The molecule has 2 nitrogen and oxygen atoms in total. The van der Waals surface area contributed by atoms with E-state index >= 15 is 0 Å². The number of rotatable bonds is 5. The minimum Gasteiger partial charge on any atom is -0.410 e. The molecule has 1 radical (unpaired) electrons.